The number of benzene rings is 2. The molecule has 0 aromatic heterocycles. The van der Waals surface area contributed by atoms with Crippen molar-refractivity contribution in [3.8, 4) is 11.5 Å². The Morgan fingerprint density at radius 2 is 1.76 bits per heavy atom. The Morgan fingerprint density at radius 1 is 1.10 bits per heavy atom. The van der Waals surface area contributed by atoms with Crippen LogP contribution in [0.2, 0.25) is 0 Å². The molecule has 1 atom stereocenters. The van der Waals surface area contributed by atoms with Crippen LogP contribution in [-0.2, 0) is 9.53 Å². The maximum Gasteiger partial charge on any atom is 0.244 e. The van der Waals surface area contributed by atoms with Crippen LogP contribution >= 0.6 is 0 Å². The van der Waals surface area contributed by atoms with Crippen LogP contribution in [-0.4, -0.2) is 53.0 Å². The van der Waals surface area contributed by atoms with E-state index in [1.165, 1.54) is 4.90 Å². The molecule has 1 heterocycles. The van der Waals surface area contributed by atoms with E-state index in [0.29, 0.717) is 11.5 Å². The minimum absolute atomic E-state index is 0.0544. The molecule has 2 aromatic carbocycles. The molecule has 1 amide bonds. The van der Waals surface area contributed by atoms with Crippen LogP contribution in [0.1, 0.15) is 17.2 Å². The van der Waals surface area contributed by atoms with E-state index in [-0.39, 0.29) is 11.9 Å². The second-order valence-electron chi connectivity index (χ2n) is 7.02. The maximum atomic E-state index is 12.7. The lowest BCUT2D eigenvalue weighted by atomic mass is 10.1. The normalized spacial score (nSPS) is 15.8. The molecule has 2 N–H and O–H groups in total. The third-order valence-corrected chi connectivity index (χ3v) is 5.01. The Morgan fingerprint density at radius 3 is 2.38 bits per heavy atom. The first-order valence-electron chi connectivity index (χ1n) is 9.86. The highest BCUT2D eigenvalue weighted by Gasteiger charge is 2.22. The zero-order valence-corrected chi connectivity index (χ0v) is 17.0. The number of hydrogen-bond donors (Lipinski definition) is 2. The highest BCUT2D eigenvalue weighted by Crippen LogP contribution is 2.23. The highest BCUT2D eigenvalue weighted by atomic mass is 16.5. The van der Waals surface area contributed by atoms with E-state index in [2.05, 4.69) is 17.4 Å². The first kappa shape index (κ1) is 20.9. The Bertz CT molecular complexity index is 795. The van der Waals surface area contributed by atoms with Crippen molar-refractivity contribution in [1.82, 2.24) is 5.32 Å². The number of hydrogen-bond acceptors (Lipinski definition) is 4. The number of carbonyl (C=O) groups is 1. The van der Waals surface area contributed by atoms with Gasteiger partial charge in [-0.05, 0) is 29.3 Å². The molecule has 1 fully saturated rings. The first-order chi connectivity index (χ1) is 14.2. The molecule has 29 heavy (non-hydrogen) atoms. The molecule has 0 bridgehead atoms. The molecule has 1 aliphatic rings. The molecular weight excluding hydrogens is 368 g/mol. The summed E-state index contributed by atoms with van der Waals surface area (Å²) < 4.78 is 16.0. The molecule has 154 valence electrons. The molecule has 0 radical (unpaired) electrons. The van der Waals surface area contributed by atoms with Crippen molar-refractivity contribution in [3.63, 3.8) is 0 Å². The van der Waals surface area contributed by atoms with E-state index in [4.69, 9.17) is 14.2 Å². The smallest absolute Gasteiger partial charge is 0.244 e. The third kappa shape index (κ3) is 6.34. The summed E-state index contributed by atoms with van der Waals surface area (Å²) in [7, 11) is 3.21. The summed E-state index contributed by atoms with van der Waals surface area (Å²) in [6.45, 7) is 4.28. The number of nitrogens with one attached hydrogen (secondary N) is 2. The molecule has 0 spiro atoms. The molecule has 0 unspecified atom stereocenters. The van der Waals surface area contributed by atoms with Crippen LogP contribution in [0.15, 0.2) is 54.6 Å². The van der Waals surface area contributed by atoms with E-state index in [0.717, 1.165) is 44.0 Å². The summed E-state index contributed by atoms with van der Waals surface area (Å²) in [5.41, 5.74) is 1.95. The maximum absolute atomic E-state index is 12.7. The molecule has 3 rings (SSSR count). The minimum Gasteiger partial charge on any atom is -0.497 e. The number of ether oxygens (including phenoxy) is 3. The summed E-state index contributed by atoms with van der Waals surface area (Å²) in [6.07, 6.45) is 3.32. The monoisotopic (exact) mass is 397 g/mol. The Balaban J connectivity index is 1.70. The van der Waals surface area contributed by atoms with E-state index >= 15 is 0 Å². The molecule has 1 aliphatic heterocycles. The number of carbonyl (C=O) groups excluding carboxylic acids is 1. The highest BCUT2D eigenvalue weighted by molar-refractivity contribution is 5.92. The predicted octanol–water partition coefficient (Wildman–Crippen LogP) is 1.49. The van der Waals surface area contributed by atoms with Crippen molar-refractivity contribution in [2.24, 2.45) is 0 Å². The molecule has 6 nitrogen and oxygen atoms in total. The Hall–Kier alpha value is -2.83. The second-order valence-corrected chi connectivity index (χ2v) is 7.02. The van der Waals surface area contributed by atoms with Gasteiger partial charge in [0.25, 0.3) is 0 Å². The van der Waals surface area contributed by atoms with Gasteiger partial charge in [0.2, 0.25) is 5.91 Å². The van der Waals surface area contributed by atoms with Gasteiger partial charge < -0.3 is 24.4 Å². The molecule has 1 saturated heterocycles. The lowest BCUT2D eigenvalue weighted by molar-refractivity contribution is -0.909. The summed E-state index contributed by atoms with van der Waals surface area (Å²) >= 11 is 0. The van der Waals surface area contributed by atoms with Gasteiger partial charge in [-0.1, -0.05) is 30.3 Å². The van der Waals surface area contributed by atoms with Crippen molar-refractivity contribution in [2.75, 3.05) is 47.1 Å². The summed E-state index contributed by atoms with van der Waals surface area (Å²) in [4.78, 5) is 14.1. The largest absolute Gasteiger partial charge is 0.497 e. The summed E-state index contributed by atoms with van der Waals surface area (Å²) in [6, 6.07) is 15.6. The molecular formula is C23H29N2O4+. The van der Waals surface area contributed by atoms with E-state index in [9.17, 15) is 4.79 Å². The van der Waals surface area contributed by atoms with Crippen molar-refractivity contribution in [2.45, 2.75) is 6.04 Å². The number of rotatable bonds is 8. The lowest BCUT2D eigenvalue weighted by Crippen LogP contribution is -3.14. The van der Waals surface area contributed by atoms with Gasteiger partial charge in [-0.15, -0.1) is 0 Å². The van der Waals surface area contributed by atoms with Crippen molar-refractivity contribution in [3.05, 3.63) is 65.7 Å². The zero-order valence-electron chi connectivity index (χ0n) is 17.0. The minimum atomic E-state index is -0.131. The number of quaternary nitrogens is 1. The van der Waals surface area contributed by atoms with Crippen LogP contribution in [0.25, 0.3) is 6.08 Å². The van der Waals surface area contributed by atoms with Crippen LogP contribution < -0.4 is 19.7 Å². The van der Waals surface area contributed by atoms with Crippen LogP contribution in [0, 0.1) is 0 Å². The van der Waals surface area contributed by atoms with Crippen LogP contribution in [0.4, 0.5) is 0 Å². The fraction of sp³-hybridized carbons (Fsp3) is 0.348. The quantitative estimate of drug-likeness (QED) is 0.663. The van der Waals surface area contributed by atoms with E-state index in [1.54, 1.807) is 32.4 Å². The van der Waals surface area contributed by atoms with Gasteiger partial charge in [-0.2, -0.15) is 0 Å². The van der Waals surface area contributed by atoms with E-state index < -0.39 is 0 Å². The molecule has 6 heteroatoms. The fourth-order valence-corrected chi connectivity index (χ4v) is 3.41. The first-order valence-corrected chi connectivity index (χ1v) is 9.86. The predicted molar refractivity (Wildman–Crippen MR) is 112 cm³/mol. The zero-order chi connectivity index (χ0) is 20.5. The van der Waals surface area contributed by atoms with Gasteiger partial charge in [0.05, 0.1) is 27.4 Å². The van der Waals surface area contributed by atoms with Gasteiger partial charge in [0.1, 0.15) is 37.2 Å². The second kappa shape index (κ2) is 10.6. The molecule has 0 aliphatic carbocycles. The fourth-order valence-electron chi connectivity index (χ4n) is 3.41. The van der Waals surface area contributed by atoms with Crippen LogP contribution in [0.5, 0.6) is 11.5 Å². The van der Waals surface area contributed by atoms with Gasteiger partial charge in [0.15, 0.2) is 0 Å². The van der Waals surface area contributed by atoms with Crippen molar-refractivity contribution >= 4 is 12.0 Å². The van der Waals surface area contributed by atoms with E-state index in [1.807, 2.05) is 30.3 Å². The summed E-state index contributed by atoms with van der Waals surface area (Å²) in [5.74, 6) is 1.23. The molecule has 0 saturated carbocycles. The average Bonchev–Trinajstić information content (AvgIpc) is 2.78. The Labute approximate surface area is 172 Å². The third-order valence-electron chi connectivity index (χ3n) is 5.01. The van der Waals surface area contributed by atoms with Crippen LogP contribution in [0.3, 0.4) is 0 Å². The van der Waals surface area contributed by atoms with Gasteiger partial charge in [-0.3, -0.25) is 4.79 Å². The summed E-state index contributed by atoms with van der Waals surface area (Å²) in [5, 5.41) is 3.16. The van der Waals surface area contributed by atoms with Gasteiger partial charge in [0, 0.05) is 12.1 Å². The van der Waals surface area contributed by atoms with Gasteiger partial charge >= 0.3 is 0 Å². The topological polar surface area (TPSA) is 61.2 Å². The standard InChI is InChI=1S/C23H28N2O4/c1-27-20-14-18(15-21(16-20)28-2)8-9-23(26)24-22(19-6-4-3-5-7-19)17-25-10-12-29-13-11-25/h3-9,14-16,22H,10-13,17H2,1-2H3,(H,24,26)/p+1/b9-8+/t22-/m1/s1. The lowest BCUT2D eigenvalue weighted by Gasteiger charge is -2.28. The van der Waals surface area contributed by atoms with Gasteiger partial charge in [-0.25, -0.2) is 0 Å². The number of methoxy groups -OCH3 is 2. The molecule has 2 aromatic rings. The van der Waals surface area contributed by atoms with Crippen molar-refractivity contribution in [1.29, 1.82) is 0 Å². The number of amides is 1. The Kier molecular flexibility index (Phi) is 7.67. The average molecular weight is 397 g/mol. The SMILES string of the molecule is COc1cc(/C=C/C(=O)N[C@H](C[NH+]2CCOCC2)c2ccccc2)cc(OC)c1. The number of morpholine rings is 1. The van der Waals surface area contributed by atoms with Crippen molar-refractivity contribution < 1.29 is 23.9 Å².